The predicted molar refractivity (Wildman–Crippen MR) is 182 cm³/mol. The second-order valence-electron chi connectivity index (χ2n) is 12.5. The number of benzene rings is 4. The Morgan fingerprint density at radius 3 is 1.36 bits per heavy atom. The molecule has 0 aliphatic heterocycles. The molecule has 3 aromatic heterocycles. The molecule has 0 saturated heterocycles. The summed E-state index contributed by atoms with van der Waals surface area (Å²) in [7, 11) is 0. The summed E-state index contributed by atoms with van der Waals surface area (Å²) in [5.41, 5.74) is 15.6. The van der Waals surface area contributed by atoms with Crippen molar-refractivity contribution in [2.75, 3.05) is 0 Å². The summed E-state index contributed by atoms with van der Waals surface area (Å²) in [4.78, 5) is 5.27. The molecule has 0 radical (unpaired) electrons. The second kappa shape index (κ2) is 10.4. The van der Waals surface area contributed by atoms with E-state index in [2.05, 4.69) is 124 Å². The molecule has 2 aliphatic carbocycles. The van der Waals surface area contributed by atoms with Crippen molar-refractivity contribution >= 4 is 21.8 Å². The summed E-state index contributed by atoms with van der Waals surface area (Å²) in [5.74, 6) is 0. The Hall–Kier alpha value is -4.89. The molecular formula is C41H35N3. The van der Waals surface area contributed by atoms with Gasteiger partial charge in [0.2, 0.25) is 0 Å². The fourth-order valence-corrected chi connectivity index (χ4v) is 7.91. The van der Waals surface area contributed by atoms with E-state index in [1.807, 2.05) is 0 Å². The topological polar surface area (TPSA) is 22.8 Å². The van der Waals surface area contributed by atoms with E-state index >= 15 is 0 Å². The molecule has 44 heavy (non-hydrogen) atoms. The summed E-state index contributed by atoms with van der Waals surface area (Å²) >= 11 is 0. The number of aryl methyl sites for hydroxylation is 2. The van der Waals surface area contributed by atoms with Gasteiger partial charge in [0, 0.05) is 44.7 Å². The van der Waals surface area contributed by atoms with Crippen molar-refractivity contribution in [2.45, 2.75) is 51.4 Å². The molecule has 214 valence electrons. The van der Waals surface area contributed by atoms with Gasteiger partial charge in [-0.3, -0.25) is 0 Å². The quantitative estimate of drug-likeness (QED) is 0.207. The number of nitrogens with zero attached hydrogens (tertiary/aromatic N) is 3. The van der Waals surface area contributed by atoms with Gasteiger partial charge < -0.3 is 9.13 Å². The van der Waals surface area contributed by atoms with Crippen molar-refractivity contribution in [2.24, 2.45) is 0 Å². The third-order valence-electron chi connectivity index (χ3n) is 9.91. The van der Waals surface area contributed by atoms with Crippen molar-refractivity contribution in [3.8, 4) is 33.9 Å². The first-order valence-electron chi connectivity index (χ1n) is 16.2. The average Bonchev–Trinajstić information content (AvgIpc) is 3.61. The standard InChI is InChI=1S/C41H35N3/c1-3-12-30(13-4-1)43-38-20-9-7-16-32(38)34-26-28(22-24-40(34)43)36-18-11-19-37(42-36)29-23-25-41-35(27-29)33-17-8-10-21-39(33)44(41)31-14-5-2-6-15-31/h1-6,11-15,18-19,22-27H,7-10,16-17,20-21H2. The Bertz CT molecular complexity index is 2010. The Morgan fingerprint density at radius 1 is 0.432 bits per heavy atom. The van der Waals surface area contributed by atoms with Gasteiger partial charge in [-0.15, -0.1) is 0 Å². The van der Waals surface area contributed by atoms with Gasteiger partial charge >= 0.3 is 0 Å². The second-order valence-corrected chi connectivity index (χ2v) is 12.5. The minimum Gasteiger partial charge on any atom is -0.313 e. The summed E-state index contributed by atoms with van der Waals surface area (Å²) in [6, 6.07) is 42.1. The van der Waals surface area contributed by atoms with Crippen LogP contribution in [0.25, 0.3) is 55.7 Å². The highest BCUT2D eigenvalue weighted by Gasteiger charge is 2.23. The third-order valence-corrected chi connectivity index (χ3v) is 9.91. The van der Waals surface area contributed by atoms with Gasteiger partial charge in [-0.25, -0.2) is 4.98 Å². The molecule has 0 unspecified atom stereocenters. The van der Waals surface area contributed by atoms with Gasteiger partial charge in [-0.2, -0.15) is 0 Å². The first-order valence-corrected chi connectivity index (χ1v) is 16.2. The van der Waals surface area contributed by atoms with Crippen LogP contribution in [0, 0.1) is 0 Å². The number of para-hydroxylation sites is 2. The van der Waals surface area contributed by atoms with Gasteiger partial charge in [0.05, 0.1) is 22.4 Å². The van der Waals surface area contributed by atoms with Crippen LogP contribution in [0.4, 0.5) is 0 Å². The van der Waals surface area contributed by atoms with E-state index < -0.39 is 0 Å². The zero-order valence-electron chi connectivity index (χ0n) is 25.0. The maximum Gasteiger partial charge on any atom is 0.0709 e. The molecule has 0 atom stereocenters. The van der Waals surface area contributed by atoms with Crippen molar-refractivity contribution in [1.82, 2.24) is 14.1 Å². The Kier molecular flexibility index (Phi) is 6.04. The van der Waals surface area contributed by atoms with Crippen LogP contribution in [-0.4, -0.2) is 14.1 Å². The van der Waals surface area contributed by atoms with Gasteiger partial charge in [0.1, 0.15) is 0 Å². The van der Waals surface area contributed by atoms with Crippen LogP contribution in [0.2, 0.25) is 0 Å². The third kappa shape index (κ3) is 4.06. The smallest absolute Gasteiger partial charge is 0.0709 e. The van der Waals surface area contributed by atoms with E-state index in [9.17, 15) is 0 Å². The van der Waals surface area contributed by atoms with Crippen molar-refractivity contribution in [3.63, 3.8) is 0 Å². The lowest BCUT2D eigenvalue weighted by Crippen LogP contribution is -2.06. The molecule has 0 spiro atoms. The molecule has 9 rings (SSSR count). The minimum atomic E-state index is 1.03. The Morgan fingerprint density at radius 2 is 0.886 bits per heavy atom. The summed E-state index contributed by atoms with van der Waals surface area (Å²) in [6.45, 7) is 0. The number of rotatable bonds is 4. The number of hydrogen-bond acceptors (Lipinski definition) is 1. The molecule has 2 aliphatic rings. The zero-order chi connectivity index (χ0) is 29.0. The van der Waals surface area contributed by atoms with Crippen LogP contribution in [0.5, 0.6) is 0 Å². The number of hydrogen-bond donors (Lipinski definition) is 0. The van der Waals surface area contributed by atoms with E-state index in [1.54, 1.807) is 0 Å². The normalized spacial score (nSPS) is 14.5. The fraction of sp³-hybridized carbons (Fsp3) is 0.195. The highest BCUT2D eigenvalue weighted by atomic mass is 15.0. The van der Waals surface area contributed by atoms with E-state index in [0.717, 1.165) is 37.1 Å². The lowest BCUT2D eigenvalue weighted by molar-refractivity contribution is 0.667. The highest BCUT2D eigenvalue weighted by Crippen LogP contribution is 2.39. The van der Waals surface area contributed by atoms with Crippen molar-refractivity contribution in [3.05, 3.63) is 138 Å². The fourth-order valence-electron chi connectivity index (χ4n) is 7.91. The van der Waals surface area contributed by atoms with Crippen molar-refractivity contribution < 1.29 is 0 Å². The molecule has 0 N–H and O–H groups in total. The number of fused-ring (bicyclic) bond motifs is 6. The van der Waals surface area contributed by atoms with Crippen LogP contribution in [0.15, 0.2) is 115 Å². The van der Waals surface area contributed by atoms with Crippen LogP contribution >= 0.6 is 0 Å². The number of pyridine rings is 1. The lowest BCUT2D eigenvalue weighted by atomic mass is 9.94. The highest BCUT2D eigenvalue weighted by molar-refractivity contribution is 5.93. The predicted octanol–water partition coefficient (Wildman–Crippen LogP) is 10.1. The van der Waals surface area contributed by atoms with Gasteiger partial charge in [0.15, 0.2) is 0 Å². The molecule has 0 bridgehead atoms. The molecule has 4 aromatic carbocycles. The van der Waals surface area contributed by atoms with Gasteiger partial charge in [-0.1, -0.05) is 54.6 Å². The van der Waals surface area contributed by atoms with Crippen LogP contribution in [0.3, 0.4) is 0 Å². The molecule has 0 saturated carbocycles. The van der Waals surface area contributed by atoms with E-state index in [0.29, 0.717) is 0 Å². The van der Waals surface area contributed by atoms with E-state index in [1.165, 1.54) is 92.5 Å². The van der Waals surface area contributed by atoms with Crippen molar-refractivity contribution in [1.29, 1.82) is 0 Å². The van der Waals surface area contributed by atoms with E-state index in [4.69, 9.17) is 4.98 Å². The molecule has 0 amide bonds. The SMILES string of the molecule is c1ccc(-n2c3c(c4cc(-c5cccc(-c6ccc7c(c6)c6c(n7-c7ccccc7)CCCC6)n5)ccc42)CCCC3)cc1. The van der Waals surface area contributed by atoms with Crippen LogP contribution in [0.1, 0.15) is 48.2 Å². The number of aromatic nitrogens is 3. The van der Waals surface area contributed by atoms with E-state index in [-0.39, 0.29) is 0 Å². The molecule has 0 fully saturated rings. The monoisotopic (exact) mass is 569 g/mol. The first kappa shape index (κ1) is 25.6. The first-order chi connectivity index (χ1) is 21.8. The molecule has 3 nitrogen and oxygen atoms in total. The average molecular weight is 570 g/mol. The summed E-state index contributed by atoms with van der Waals surface area (Å²) in [5, 5.41) is 2.76. The molecule has 7 aromatic rings. The van der Waals surface area contributed by atoms with Gasteiger partial charge in [-0.05, 0) is 123 Å². The summed E-state index contributed by atoms with van der Waals surface area (Å²) in [6.07, 6.45) is 9.61. The Labute approximate surface area is 258 Å². The van der Waals surface area contributed by atoms with Crippen LogP contribution in [-0.2, 0) is 25.7 Å². The Balaban J connectivity index is 1.15. The maximum absolute atomic E-state index is 5.27. The van der Waals surface area contributed by atoms with Gasteiger partial charge in [0.25, 0.3) is 0 Å². The largest absolute Gasteiger partial charge is 0.313 e. The summed E-state index contributed by atoms with van der Waals surface area (Å²) < 4.78 is 4.99. The molecule has 3 heteroatoms. The molecular weight excluding hydrogens is 534 g/mol. The molecule has 3 heterocycles. The van der Waals surface area contributed by atoms with Crippen LogP contribution < -0.4 is 0 Å². The maximum atomic E-state index is 5.27. The minimum absolute atomic E-state index is 1.03. The zero-order valence-corrected chi connectivity index (χ0v) is 25.0. The lowest BCUT2D eigenvalue weighted by Gasteiger charge is -2.16.